The lowest BCUT2D eigenvalue weighted by molar-refractivity contribution is 0.419. The molecule has 1 aromatic rings. The number of hydrogen-bond donors (Lipinski definition) is 1. The van der Waals surface area contributed by atoms with Crippen molar-refractivity contribution in [3.63, 3.8) is 0 Å². The summed E-state index contributed by atoms with van der Waals surface area (Å²) in [5.74, 6) is 0. The molecule has 17 heavy (non-hydrogen) atoms. The van der Waals surface area contributed by atoms with E-state index in [9.17, 15) is 0 Å². The van der Waals surface area contributed by atoms with Gasteiger partial charge in [0, 0.05) is 20.1 Å². The Labute approximate surface area is 105 Å². The van der Waals surface area contributed by atoms with E-state index in [4.69, 9.17) is 0 Å². The maximum atomic E-state index is 3.56. The molecule has 0 fully saturated rings. The fourth-order valence-corrected chi connectivity index (χ4v) is 2.61. The van der Waals surface area contributed by atoms with Gasteiger partial charge in [-0.25, -0.2) is 0 Å². The van der Waals surface area contributed by atoms with Crippen LogP contribution in [-0.2, 0) is 6.42 Å². The number of rotatable bonds is 2. The molecule has 0 bridgehead atoms. The van der Waals surface area contributed by atoms with Crippen LogP contribution in [0.4, 0.5) is 11.4 Å². The molecule has 1 N–H and O–H groups in total. The van der Waals surface area contributed by atoms with Gasteiger partial charge < -0.3 is 10.2 Å². The second-order valence-corrected chi connectivity index (χ2v) is 6.26. The van der Waals surface area contributed by atoms with E-state index in [2.05, 4.69) is 56.2 Å². The van der Waals surface area contributed by atoms with Crippen LogP contribution in [0.25, 0.3) is 0 Å². The topological polar surface area (TPSA) is 15.3 Å². The molecule has 0 saturated heterocycles. The zero-order valence-corrected chi connectivity index (χ0v) is 11.5. The Morgan fingerprint density at radius 1 is 1.29 bits per heavy atom. The summed E-state index contributed by atoms with van der Waals surface area (Å²) < 4.78 is 0. The number of para-hydroxylation sites is 1. The molecule has 0 aliphatic carbocycles. The van der Waals surface area contributed by atoms with Crippen LogP contribution in [0.1, 0.15) is 32.8 Å². The molecule has 1 aliphatic rings. The summed E-state index contributed by atoms with van der Waals surface area (Å²) in [5.41, 5.74) is 4.49. The third-order valence-electron chi connectivity index (χ3n) is 3.18. The summed E-state index contributed by atoms with van der Waals surface area (Å²) in [6.45, 7) is 9.03. The number of nitrogens with zero attached hydrogens (tertiary/aromatic N) is 1. The summed E-state index contributed by atoms with van der Waals surface area (Å²) >= 11 is 0. The van der Waals surface area contributed by atoms with Gasteiger partial charge in [0.05, 0.1) is 11.4 Å². The second-order valence-electron chi connectivity index (χ2n) is 6.26. The minimum absolute atomic E-state index is 0.326. The van der Waals surface area contributed by atoms with Crippen molar-refractivity contribution in [2.75, 3.05) is 30.4 Å². The molecule has 2 nitrogen and oxygen atoms in total. The van der Waals surface area contributed by atoms with Crippen LogP contribution in [0.15, 0.2) is 18.2 Å². The summed E-state index contributed by atoms with van der Waals surface area (Å²) in [6.07, 6.45) is 2.46. The minimum Gasteiger partial charge on any atom is -0.383 e. The highest BCUT2D eigenvalue weighted by atomic mass is 15.1. The average molecular weight is 232 g/mol. The molecule has 1 aliphatic heterocycles. The minimum atomic E-state index is 0.326. The zero-order valence-electron chi connectivity index (χ0n) is 11.5. The van der Waals surface area contributed by atoms with Crippen molar-refractivity contribution < 1.29 is 0 Å². The maximum Gasteiger partial charge on any atom is 0.0610 e. The van der Waals surface area contributed by atoms with Gasteiger partial charge in [0.15, 0.2) is 0 Å². The molecule has 0 atom stereocenters. The highest BCUT2D eigenvalue weighted by Gasteiger charge is 2.18. The first-order valence-corrected chi connectivity index (χ1v) is 6.54. The molecular formula is C15H24N2. The number of nitrogens with one attached hydrogen (secondary N) is 1. The Balaban J connectivity index is 2.26. The summed E-state index contributed by atoms with van der Waals surface area (Å²) in [7, 11) is 2.19. The number of aryl methyl sites for hydroxylation is 1. The molecule has 0 amide bonds. The van der Waals surface area contributed by atoms with Crippen LogP contribution in [-0.4, -0.2) is 20.1 Å². The standard InChI is InChI=1S/C15H24N2/c1-15(2,3)11-17(4)13-9-5-7-12-8-6-10-16-14(12)13/h5,7,9,16H,6,8,10-11H2,1-4H3. The summed E-state index contributed by atoms with van der Waals surface area (Å²) in [4.78, 5) is 2.37. The summed E-state index contributed by atoms with van der Waals surface area (Å²) in [5, 5.41) is 3.56. The van der Waals surface area contributed by atoms with Crippen molar-refractivity contribution in [2.45, 2.75) is 33.6 Å². The third-order valence-corrected chi connectivity index (χ3v) is 3.18. The molecule has 0 radical (unpaired) electrons. The Morgan fingerprint density at radius 3 is 2.76 bits per heavy atom. The van der Waals surface area contributed by atoms with E-state index in [1.165, 1.54) is 29.8 Å². The lowest BCUT2D eigenvalue weighted by atomic mass is 9.95. The van der Waals surface area contributed by atoms with E-state index >= 15 is 0 Å². The average Bonchev–Trinajstić information content (AvgIpc) is 2.26. The van der Waals surface area contributed by atoms with Crippen LogP contribution in [0, 0.1) is 5.41 Å². The smallest absolute Gasteiger partial charge is 0.0610 e. The van der Waals surface area contributed by atoms with Crippen LogP contribution >= 0.6 is 0 Å². The molecule has 2 rings (SSSR count). The first-order valence-electron chi connectivity index (χ1n) is 6.54. The third kappa shape index (κ3) is 2.93. The van der Waals surface area contributed by atoms with Crippen molar-refractivity contribution >= 4 is 11.4 Å². The number of anilines is 2. The highest BCUT2D eigenvalue weighted by Crippen LogP contribution is 2.33. The molecule has 0 unspecified atom stereocenters. The Morgan fingerprint density at radius 2 is 2.06 bits per heavy atom. The number of hydrogen-bond acceptors (Lipinski definition) is 2. The number of fused-ring (bicyclic) bond motifs is 1. The Hall–Kier alpha value is -1.18. The van der Waals surface area contributed by atoms with Crippen molar-refractivity contribution in [1.29, 1.82) is 0 Å². The highest BCUT2D eigenvalue weighted by molar-refractivity contribution is 5.74. The van der Waals surface area contributed by atoms with Crippen molar-refractivity contribution in [3.05, 3.63) is 23.8 Å². The summed E-state index contributed by atoms with van der Waals surface area (Å²) in [6, 6.07) is 6.65. The van der Waals surface area contributed by atoms with Crippen molar-refractivity contribution in [1.82, 2.24) is 0 Å². The van der Waals surface area contributed by atoms with Gasteiger partial charge >= 0.3 is 0 Å². The van der Waals surface area contributed by atoms with Gasteiger partial charge in [-0.05, 0) is 29.9 Å². The SMILES string of the molecule is CN(CC(C)(C)C)c1cccc2c1NCCC2. The molecular weight excluding hydrogens is 208 g/mol. The van der Waals surface area contributed by atoms with Gasteiger partial charge in [-0.1, -0.05) is 32.9 Å². The van der Waals surface area contributed by atoms with Crippen molar-refractivity contribution in [3.8, 4) is 0 Å². The lowest BCUT2D eigenvalue weighted by Crippen LogP contribution is -2.30. The van der Waals surface area contributed by atoms with Crippen LogP contribution in [0.3, 0.4) is 0 Å². The van der Waals surface area contributed by atoms with Crippen LogP contribution in [0.2, 0.25) is 0 Å². The largest absolute Gasteiger partial charge is 0.383 e. The predicted molar refractivity (Wildman–Crippen MR) is 76.0 cm³/mol. The van der Waals surface area contributed by atoms with Gasteiger partial charge in [0.25, 0.3) is 0 Å². The molecule has 0 saturated carbocycles. The Kier molecular flexibility index (Phi) is 3.32. The predicted octanol–water partition coefficient (Wildman–Crippen LogP) is 3.53. The first-order chi connectivity index (χ1) is 7.97. The van der Waals surface area contributed by atoms with Crippen LogP contribution in [0.5, 0.6) is 0 Å². The van der Waals surface area contributed by atoms with E-state index < -0.39 is 0 Å². The van der Waals surface area contributed by atoms with E-state index in [1.54, 1.807) is 0 Å². The molecule has 1 heterocycles. The van der Waals surface area contributed by atoms with Gasteiger partial charge in [-0.3, -0.25) is 0 Å². The molecule has 94 valence electrons. The van der Waals surface area contributed by atoms with Crippen LogP contribution < -0.4 is 10.2 Å². The lowest BCUT2D eigenvalue weighted by Gasteiger charge is -2.32. The van der Waals surface area contributed by atoms with E-state index in [0.29, 0.717) is 5.41 Å². The van der Waals surface area contributed by atoms with E-state index in [1.807, 2.05) is 0 Å². The first kappa shape index (κ1) is 12.3. The van der Waals surface area contributed by atoms with Crippen molar-refractivity contribution in [2.24, 2.45) is 5.41 Å². The molecule has 1 aromatic carbocycles. The zero-order chi connectivity index (χ0) is 12.5. The van der Waals surface area contributed by atoms with E-state index in [0.717, 1.165) is 13.1 Å². The van der Waals surface area contributed by atoms with Gasteiger partial charge in [0.2, 0.25) is 0 Å². The maximum absolute atomic E-state index is 3.56. The van der Waals surface area contributed by atoms with Gasteiger partial charge in [-0.2, -0.15) is 0 Å². The van der Waals surface area contributed by atoms with E-state index in [-0.39, 0.29) is 0 Å². The fraction of sp³-hybridized carbons (Fsp3) is 0.600. The molecule has 0 aromatic heterocycles. The van der Waals surface area contributed by atoms with Gasteiger partial charge in [-0.15, -0.1) is 0 Å². The second kappa shape index (κ2) is 4.59. The molecule has 0 spiro atoms. The normalized spacial score (nSPS) is 15.1. The Bertz CT molecular complexity index is 390. The quantitative estimate of drug-likeness (QED) is 0.839. The number of benzene rings is 1. The van der Waals surface area contributed by atoms with Gasteiger partial charge in [0.1, 0.15) is 0 Å². The monoisotopic (exact) mass is 232 g/mol. The fourth-order valence-electron chi connectivity index (χ4n) is 2.61. The molecule has 2 heteroatoms.